The molecule has 66 valence electrons. The molecule has 0 amide bonds. The number of oxazole rings is 1. The fourth-order valence-corrected chi connectivity index (χ4v) is 1.23. The zero-order valence-corrected chi connectivity index (χ0v) is 7.25. The Bertz CT molecular complexity index is 468. The summed E-state index contributed by atoms with van der Waals surface area (Å²) in [6.07, 6.45) is 5.08. The molecule has 0 aliphatic rings. The largest absolute Gasteiger partial charge is 0.432 e. The van der Waals surface area contributed by atoms with Crippen molar-refractivity contribution in [3.63, 3.8) is 0 Å². The van der Waals surface area contributed by atoms with E-state index in [9.17, 15) is 4.79 Å². The van der Waals surface area contributed by atoms with Crippen molar-refractivity contribution in [2.75, 3.05) is 0 Å². The molecule has 5 nitrogen and oxygen atoms in total. The van der Waals surface area contributed by atoms with Crippen LogP contribution >= 0.6 is 12.2 Å². The van der Waals surface area contributed by atoms with Crippen LogP contribution in [0.1, 0.15) is 10.5 Å². The van der Waals surface area contributed by atoms with E-state index in [1.807, 2.05) is 0 Å². The summed E-state index contributed by atoms with van der Waals surface area (Å²) >= 11 is 4.94. The molecule has 0 atom stereocenters. The minimum Gasteiger partial charge on any atom is -0.432 e. The van der Waals surface area contributed by atoms with E-state index < -0.39 is 0 Å². The molecular formula is C7H5N3O2S. The van der Waals surface area contributed by atoms with E-state index in [1.54, 1.807) is 0 Å². The summed E-state index contributed by atoms with van der Waals surface area (Å²) in [4.78, 5) is 17.2. The highest BCUT2D eigenvalue weighted by Gasteiger charge is 2.08. The Morgan fingerprint density at radius 1 is 1.69 bits per heavy atom. The van der Waals surface area contributed by atoms with E-state index >= 15 is 0 Å². The summed E-state index contributed by atoms with van der Waals surface area (Å²) in [5.74, 6) is 0. The highest BCUT2D eigenvalue weighted by atomic mass is 32.1. The number of nitrogens with one attached hydrogen (secondary N) is 1. The Morgan fingerprint density at radius 3 is 3.15 bits per heavy atom. The zero-order chi connectivity index (χ0) is 9.26. The Labute approximate surface area is 78.0 Å². The van der Waals surface area contributed by atoms with Crippen LogP contribution in [0.3, 0.4) is 0 Å². The van der Waals surface area contributed by atoms with Crippen molar-refractivity contribution in [2.24, 2.45) is 0 Å². The van der Waals surface area contributed by atoms with Crippen LogP contribution in [0.15, 0.2) is 23.1 Å². The van der Waals surface area contributed by atoms with Crippen LogP contribution < -0.4 is 0 Å². The molecule has 13 heavy (non-hydrogen) atoms. The molecule has 2 rings (SSSR count). The van der Waals surface area contributed by atoms with Gasteiger partial charge in [0.25, 0.3) is 0 Å². The molecule has 0 aliphatic carbocycles. The molecule has 2 aromatic heterocycles. The Balaban J connectivity index is 2.69. The molecule has 0 fully saturated rings. The highest BCUT2D eigenvalue weighted by molar-refractivity contribution is 7.71. The second kappa shape index (κ2) is 2.98. The van der Waals surface area contributed by atoms with E-state index in [1.165, 1.54) is 23.2 Å². The molecular weight excluding hydrogens is 190 g/mol. The first-order chi connectivity index (χ1) is 6.33. The van der Waals surface area contributed by atoms with Crippen molar-refractivity contribution in [1.29, 1.82) is 0 Å². The maximum atomic E-state index is 10.6. The van der Waals surface area contributed by atoms with Gasteiger partial charge in [0.15, 0.2) is 11.1 Å². The summed E-state index contributed by atoms with van der Waals surface area (Å²) in [6, 6.07) is 0.286. The van der Waals surface area contributed by atoms with Crippen LogP contribution in [-0.2, 0) is 0 Å². The average molecular weight is 195 g/mol. The SMILES string of the molecule is O=Cc1c[nH]c(=S)n1-c1ncco1. The molecule has 0 saturated heterocycles. The predicted molar refractivity (Wildman–Crippen MR) is 46.4 cm³/mol. The molecule has 2 heterocycles. The molecule has 0 aliphatic heterocycles. The maximum Gasteiger partial charge on any atom is 0.308 e. The van der Waals surface area contributed by atoms with Gasteiger partial charge in [0.2, 0.25) is 0 Å². The summed E-state index contributed by atoms with van der Waals surface area (Å²) < 4.78 is 6.81. The second-order valence-corrected chi connectivity index (χ2v) is 2.67. The van der Waals surface area contributed by atoms with Gasteiger partial charge in [-0.15, -0.1) is 0 Å². The third-order valence-corrected chi connectivity index (χ3v) is 1.84. The van der Waals surface area contributed by atoms with E-state index in [0.717, 1.165) is 0 Å². The molecule has 0 bridgehead atoms. The normalized spacial score (nSPS) is 10.2. The van der Waals surface area contributed by atoms with Gasteiger partial charge in [-0.2, -0.15) is 0 Å². The van der Waals surface area contributed by atoms with Crippen molar-refractivity contribution in [1.82, 2.24) is 14.5 Å². The number of H-pyrrole nitrogens is 1. The first-order valence-corrected chi connectivity index (χ1v) is 3.89. The second-order valence-electron chi connectivity index (χ2n) is 2.29. The summed E-state index contributed by atoms with van der Waals surface area (Å²) in [5, 5.41) is 0. The van der Waals surface area contributed by atoms with Gasteiger partial charge in [0.1, 0.15) is 12.0 Å². The fourth-order valence-electron chi connectivity index (χ4n) is 0.992. The van der Waals surface area contributed by atoms with Gasteiger partial charge in [-0.25, -0.2) is 9.55 Å². The van der Waals surface area contributed by atoms with E-state index in [-0.39, 0.29) is 6.01 Å². The number of aromatic nitrogens is 3. The number of carbonyl (C=O) groups is 1. The summed E-state index contributed by atoms with van der Waals surface area (Å²) in [7, 11) is 0. The molecule has 1 N–H and O–H groups in total. The molecule has 6 heteroatoms. The molecule has 0 saturated carbocycles. The molecule has 0 radical (unpaired) electrons. The first-order valence-electron chi connectivity index (χ1n) is 3.48. The lowest BCUT2D eigenvalue weighted by atomic mass is 10.5. The van der Waals surface area contributed by atoms with Gasteiger partial charge >= 0.3 is 6.01 Å². The number of rotatable bonds is 2. The van der Waals surface area contributed by atoms with Crippen LogP contribution in [0.2, 0.25) is 0 Å². The van der Waals surface area contributed by atoms with Crippen LogP contribution in [0.4, 0.5) is 0 Å². The number of imidazole rings is 1. The summed E-state index contributed by atoms with van der Waals surface area (Å²) in [5.41, 5.74) is 0.382. The smallest absolute Gasteiger partial charge is 0.308 e. The van der Waals surface area contributed by atoms with Crippen molar-refractivity contribution in [3.05, 3.63) is 29.1 Å². The van der Waals surface area contributed by atoms with Gasteiger partial charge in [-0.05, 0) is 12.2 Å². The topological polar surface area (TPSA) is 63.8 Å². The zero-order valence-electron chi connectivity index (χ0n) is 6.43. The standard InChI is InChI=1S/C7H5N3O2S/c11-4-5-3-9-7(13)10(5)6-8-1-2-12-6/h1-4H,(H,9,13). The van der Waals surface area contributed by atoms with Crippen molar-refractivity contribution in [3.8, 4) is 6.01 Å². The molecule has 0 unspecified atom stereocenters. The van der Waals surface area contributed by atoms with Gasteiger partial charge in [-0.3, -0.25) is 4.79 Å². The number of aldehydes is 1. The third-order valence-electron chi connectivity index (χ3n) is 1.54. The van der Waals surface area contributed by atoms with Gasteiger partial charge in [0, 0.05) is 6.20 Å². The van der Waals surface area contributed by atoms with Crippen LogP contribution in [0.25, 0.3) is 6.01 Å². The van der Waals surface area contributed by atoms with Gasteiger partial charge < -0.3 is 9.40 Å². The molecule has 0 spiro atoms. The van der Waals surface area contributed by atoms with Crippen LogP contribution in [-0.4, -0.2) is 20.8 Å². The molecule has 0 aromatic carbocycles. The van der Waals surface area contributed by atoms with E-state index in [0.29, 0.717) is 16.8 Å². The van der Waals surface area contributed by atoms with Crippen LogP contribution in [0.5, 0.6) is 0 Å². The fraction of sp³-hybridized carbons (Fsp3) is 0. The predicted octanol–water partition coefficient (Wildman–Crippen LogP) is 1.34. The summed E-state index contributed by atoms with van der Waals surface area (Å²) in [6.45, 7) is 0. The van der Waals surface area contributed by atoms with Crippen molar-refractivity contribution >= 4 is 18.5 Å². The number of carbonyl (C=O) groups excluding carboxylic acids is 1. The van der Waals surface area contributed by atoms with Gasteiger partial charge in [-0.1, -0.05) is 0 Å². The number of nitrogens with zero attached hydrogens (tertiary/aromatic N) is 2. The number of hydrogen-bond acceptors (Lipinski definition) is 4. The van der Waals surface area contributed by atoms with Gasteiger partial charge in [0.05, 0.1) is 6.20 Å². The highest BCUT2D eigenvalue weighted by Crippen LogP contribution is 2.08. The van der Waals surface area contributed by atoms with Crippen molar-refractivity contribution < 1.29 is 9.21 Å². The third kappa shape index (κ3) is 1.20. The Hall–Kier alpha value is -1.69. The quantitative estimate of drug-likeness (QED) is 0.580. The van der Waals surface area contributed by atoms with Crippen LogP contribution in [0, 0.1) is 4.77 Å². The minimum atomic E-state index is 0.286. The lowest BCUT2D eigenvalue weighted by molar-refractivity contribution is 0.111. The number of hydrogen-bond donors (Lipinski definition) is 1. The minimum absolute atomic E-state index is 0.286. The van der Waals surface area contributed by atoms with E-state index in [2.05, 4.69) is 9.97 Å². The average Bonchev–Trinajstić information content (AvgIpc) is 2.72. The molecule has 2 aromatic rings. The Morgan fingerprint density at radius 2 is 2.54 bits per heavy atom. The number of aromatic amines is 1. The monoisotopic (exact) mass is 195 g/mol. The first kappa shape index (κ1) is 7.93. The maximum absolute atomic E-state index is 10.6. The lowest BCUT2D eigenvalue weighted by Crippen LogP contribution is -1.98. The van der Waals surface area contributed by atoms with Crippen molar-refractivity contribution in [2.45, 2.75) is 0 Å². The lowest BCUT2D eigenvalue weighted by Gasteiger charge is -1.95. The Kier molecular flexibility index (Phi) is 1.82. The van der Waals surface area contributed by atoms with E-state index in [4.69, 9.17) is 16.6 Å².